The molecule has 7 nitrogen and oxygen atoms in total. The van der Waals surface area contributed by atoms with Gasteiger partial charge in [0.1, 0.15) is 11.8 Å². The molecule has 7 heteroatoms. The van der Waals surface area contributed by atoms with E-state index in [0.29, 0.717) is 34.2 Å². The number of para-hydroxylation sites is 1. The highest BCUT2D eigenvalue weighted by molar-refractivity contribution is 5.95. The van der Waals surface area contributed by atoms with Crippen LogP contribution in [0.1, 0.15) is 39.2 Å². The molecule has 0 aliphatic carbocycles. The first-order chi connectivity index (χ1) is 12.6. The van der Waals surface area contributed by atoms with Crippen LogP contribution in [0.3, 0.4) is 0 Å². The van der Waals surface area contributed by atoms with Crippen molar-refractivity contribution in [2.75, 3.05) is 7.11 Å². The van der Waals surface area contributed by atoms with E-state index in [-0.39, 0.29) is 5.91 Å². The van der Waals surface area contributed by atoms with Crippen LogP contribution in [0.2, 0.25) is 0 Å². The van der Waals surface area contributed by atoms with E-state index in [4.69, 9.17) is 14.5 Å². The predicted molar refractivity (Wildman–Crippen MR) is 92.5 cm³/mol. The van der Waals surface area contributed by atoms with E-state index in [1.165, 1.54) is 6.07 Å². The molecule has 1 aromatic heterocycles. The minimum absolute atomic E-state index is 0.316. The second-order valence-corrected chi connectivity index (χ2v) is 5.51. The Morgan fingerprint density at radius 1 is 1.27 bits per heavy atom. The molecule has 0 aliphatic rings. The van der Waals surface area contributed by atoms with Crippen LogP contribution in [0, 0.1) is 18.3 Å². The fraction of sp³-hybridized carbons (Fsp3) is 0.158. The predicted octanol–water partition coefficient (Wildman–Crippen LogP) is 2.78. The number of amides is 1. The van der Waals surface area contributed by atoms with Gasteiger partial charge in [0.15, 0.2) is 5.82 Å². The van der Waals surface area contributed by atoms with Gasteiger partial charge in [0.2, 0.25) is 5.89 Å². The standard InChI is InChI=1S/C19H16N4O3/c1-12-21-18(23-26-12)17(15-8-3-4-9-16(15)25-2)22-19(24)14-7-5-6-13(10-14)11-20/h3-10,17H,1-2H3,(H,22,24)/t17-/m0/s1. The number of hydrogen-bond acceptors (Lipinski definition) is 6. The van der Waals surface area contributed by atoms with E-state index in [1.807, 2.05) is 24.3 Å². The van der Waals surface area contributed by atoms with E-state index in [0.717, 1.165) is 0 Å². The van der Waals surface area contributed by atoms with Gasteiger partial charge >= 0.3 is 0 Å². The summed E-state index contributed by atoms with van der Waals surface area (Å²) in [7, 11) is 1.55. The summed E-state index contributed by atoms with van der Waals surface area (Å²) in [6.07, 6.45) is 0. The molecule has 130 valence electrons. The molecule has 0 saturated heterocycles. The van der Waals surface area contributed by atoms with Crippen LogP contribution in [0.25, 0.3) is 0 Å². The van der Waals surface area contributed by atoms with Gasteiger partial charge in [-0.2, -0.15) is 10.2 Å². The Bertz CT molecular complexity index is 975. The summed E-state index contributed by atoms with van der Waals surface area (Å²) in [5, 5.41) is 15.9. The van der Waals surface area contributed by atoms with Gasteiger partial charge < -0.3 is 14.6 Å². The number of rotatable bonds is 5. The molecule has 0 unspecified atom stereocenters. The van der Waals surface area contributed by atoms with Crippen molar-refractivity contribution < 1.29 is 14.1 Å². The third kappa shape index (κ3) is 3.54. The number of methoxy groups -OCH3 is 1. The first-order valence-corrected chi connectivity index (χ1v) is 7.86. The number of aryl methyl sites for hydroxylation is 1. The van der Waals surface area contributed by atoms with Crippen LogP contribution in [-0.2, 0) is 0 Å². The molecule has 0 saturated carbocycles. The number of ether oxygens (including phenoxy) is 1. The second kappa shape index (κ2) is 7.49. The van der Waals surface area contributed by atoms with Crippen molar-refractivity contribution in [1.82, 2.24) is 15.5 Å². The van der Waals surface area contributed by atoms with Gasteiger partial charge in [0.05, 0.1) is 18.7 Å². The number of aromatic nitrogens is 2. The quantitative estimate of drug-likeness (QED) is 0.761. The maximum Gasteiger partial charge on any atom is 0.252 e. The molecule has 3 rings (SSSR count). The summed E-state index contributed by atoms with van der Waals surface area (Å²) in [6, 6.07) is 15.1. The topological polar surface area (TPSA) is 101 Å². The van der Waals surface area contributed by atoms with Crippen molar-refractivity contribution in [2.45, 2.75) is 13.0 Å². The number of benzene rings is 2. The summed E-state index contributed by atoms with van der Waals surface area (Å²) >= 11 is 0. The van der Waals surface area contributed by atoms with Gasteiger partial charge in [-0.1, -0.05) is 29.4 Å². The summed E-state index contributed by atoms with van der Waals surface area (Å²) in [4.78, 5) is 17.0. The van der Waals surface area contributed by atoms with E-state index < -0.39 is 6.04 Å². The van der Waals surface area contributed by atoms with Gasteiger partial charge in [-0.05, 0) is 24.3 Å². The minimum Gasteiger partial charge on any atom is -0.496 e. The van der Waals surface area contributed by atoms with Crippen LogP contribution < -0.4 is 10.1 Å². The van der Waals surface area contributed by atoms with Gasteiger partial charge in [-0.25, -0.2) is 0 Å². The van der Waals surface area contributed by atoms with Crippen molar-refractivity contribution in [3.05, 3.63) is 76.9 Å². The maximum atomic E-state index is 12.7. The number of carbonyl (C=O) groups excluding carboxylic acids is 1. The van der Waals surface area contributed by atoms with Gasteiger partial charge in [-0.15, -0.1) is 0 Å². The number of carbonyl (C=O) groups is 1. The molecule has 26 heavy (non-hydrogen) atoms. The first kappa shape index (κ1) is 17.2. The molecule has 3 aromatic rings. The lowest BCUT2D eigenvalue weighted by Gasteiger charge is -2.18. The molecule has 0 aliphatic heterocycles. The van der Waals surface area contributed by atoms with Crippen LogP contribution in [0.4, 0.5) is 0 Å². The van der Waals surface area contributed by atoms with E-state index >= 15 is 0 Å². The second-order valence-electron chi connectivity index (χ2n) is 5.51. The van der Waals surface area contributed by atoms with Gasteiger partial charge in [0.25, 0.3) is 5.91 Å². The monoisotopic (exact) mass is 348 g/mol. The number of hydrogen-bond donors (Lipinski definition) is 1. The molecule has 0 spiro atoms. The molecule has 0 fully saturated rings. The van der Waals surface area contributed by atoms with Crippen LogP contribution in [-0.4, -0.2) is 23.2 Å². The summed E-state index contributed by atoms with van der Waals surface area (Å²) in [5.74, 6) is 0.934. The average Bonchev–Trinajstić information content (AvgIpc) is 3.12. The number of nitriles is 1. The van der Waals surface area contributed by atoms with Crippen molar-refractivity contribution in [3.8, 4) is 11.8 Å². The largest absolute Gasteiger partial charge is 0.496 e. The van der Waals surface area contributed by atoms with Crippen LogP contribution in [0.15, 0.2) is 53.1 Å². The van der Waals surface area contributed by atoms with Crippen molar-refractivity contribution >= 4 is 5.91 Å². The summed E-state index contributed by atoms with van der Waals surface area (Å²) in [6.45, 7) is 1.67. The average molecular weight is 348 g/mol. The fourth-order valence-corrected chi connectivity index (χ4v) is 2.56. The highest BCUT2D eigenvalue weighted by atomic mass is 16.5. The maximum absolute atomic E-state index is 12.7. The third-order valence-corrected chi connectivity index (χ3v) is 3.78. The minimum atomic E-state index is -0.665. The summed E-state index contributed by atoms with van der Waals surface area (Å²) < 4.78 is 10.5. The zero-order valence-electron chi connectivity index (χ0n) is 14.3. The van der Waals surface area contributed by atoms with Crippen molar-refractivity contribution in [1.29, 1.82) is 5.26 Å². The lowest BCUT2D eigenvalue weighted by Crippen LogP contribution is -2.30. The van der Waals surface area contributed by atoms with Crippen molar-refractivity contribution in [2.24, 2.45) is 0 Å². The molecule has 1 heterocycles. The Morgan fingerprint density at radius 3 is 2.77 bits per heavy atom. The molecule has 1 N–H and O–H groups in total. The first-order valence-electron chi connectivity index (χ1n) is 7.86. The third-order valence-electron chi connectivity index (χ3n) is 3.78. The SMILES string of the molecule is COc1ccccc1[C@H](NC(=O)c1cccc(C#N)c1)c1noc(C)n1. The van der Waals surface area contributed by atoms with Gasteiger partial charge in [0, 0.05) is 18.1 Å². The summed E-state index contributed by atoms with van der Waals surface area (Å²) in [5.41, 5.74) is 1.46. The Labute approximate surface area is 150 Å². The molecule has 0 radical (unpaired) electrons. The molecule has 0 bridgehead atoms. The molecular weight excluding hydrogens is 332 g/mol. The zero-order chi connectivity index (χ0) is 18.5. The highest BCUT2D eigenvalue weighted by Gasteiger charge is 2.25. The normalized spacial score (nSPS) is 11.4. The van der Waals surface area contributed by atoms with E-state index in [1.54, 1.807) is 38.3 Å². The van der Waals surface area contributed by atoms with Crippen LogP contribution in [0.5, 0.6) is 5.75 Å². The Balaban J connectivity index is 1.99. The lowest BCUT2D eigenvalue weighted by molar-refractivity contribution is 0.0941. The molecule has 2 aromatic carbocycles. The molecule has 1 amide bonds. The smallest absolute Gasteiger partial charge is 0.252 e. The van der Waals surface area contributed by atoms with Gasteiger partial charge in [-0.3, -0.25) is 4.79 Å². The molecule has 1 atom stereocenters. The molecular formula is C19H16N4O3. The van der Waals surface area contributed by atoms with Crippen molar-refractivity contribution in [3.63, 3.8) is 0 Å². The number of nitrogens with one attached hydrogen (secondary N) is 1. The Hall–Kier alpha value is -3.66. The zero-order valence-corrected chi connectivity index (χ0v) is 14.3. The highest BCUT2D eigenvalue weighted by Crippen LogP contribution is 2.28. The van der Waals surface area contributed by atoms with E-state index in [9.17, 15) is 4.79 Å². The van der Waals surface area contributed by atoms with E-state index in [2.05, 4.69) is 15.5 Å². The van der Waals surface area contributed by atoms with Crippen LogP contribution >= 0.6 is 0 Å². The fourth-order valence-electron chi connectivity index (χ4n) is 2.56. The number of nitrogens with zero attached hydrogens (tertiary/aromatic N) is 3. The Morgan fingerprint density at radius 2 is 2.08 bits per heavy atom. The lowest BCUT2D eigenvalue weighted by atomic mass is 10.0. The Kier molecular flexibility index (Phi) is 4.94.